The molecule has 0 atom stereocenters. The van der Waals surface area contributed by atoms with E-state index in [0.717, 1.165) is 5.56 Å². The van der Waals surface area contributed by atoms with Gasteiger partial charge in [0.05, 0.1) is 11.4 Å². The fraction of sp³-hybridized carbons (Fsp3) is 0.571. The lowest BCUT2D eigenvalue weighted by Crippen LogP contribution is -2.33. The summed E-state index contributed by atoms with van der Waals surface area (Å²) in [6, 6.07) is 7.38. The molecule has 0 spiro atoms. The van der Waals surface area contributed by atoms with E-state index in [2.05, 4.69) is 0 Å². The number of nitrogens with two attached hydrogens (primary N) is 1. The monoisotopic (exact) mass is 284 g/mol. The topological polar surface area (TPSA) is 63.4 Å². The molecule has 1 aromatic rings. The van der Waals surface area contributed by atoms with Crippen molar-refractivity contribution in [3.63, 3.8) is 0 Å². The molecule has 0 amide bonds. The summed E-state index contributed by atoms with van der Waals surface area (Å²) in [5, 5.41) is 0. The summed E-state index contributed by atoms with van der Waals surface area (Å²) in [7, 11) is -3.24. The molecule has 0 radical (unpaired) electrons. The molecule has 0 bridgehead atoms. The van der Waals surface area contributed by atoms with Crippen LogP contribution in [0.25, 0.3) is 0 Å². The van der Waals surface area contributed by atoms with Crippen LogP contribution in [-0.2, 0) is 16.6 Å². The SMILES string of the molecule is CCN(c1ccc(CN)cc1)S(=O)(=O)CCC(C)C. The Kier molecular flexibility index (Phi) is 5.82. The Morgan fingerprint density at radius 2 is 1.79 bits per heavy atom. The fourth-order valence-electron chi connectivity index (χ4n) is 1.83. The van der Waals surface area contributed by atoms with Crippen LogP contribution in [0.3, 0.4) is 0 Å². The maximum atomic E-state index is 12.3. The van der Waals surface area contributed by atoms with Crippen LogP contribution < -0.4 is 10.0 Å². The van der Waals surface area contributed by atoms with E-state index in [4.69, 9.17) is 5.73 Å². The Balaban J connectivity index is 2.92. The summed E-state index contributed by atoms with van der Waals surface area (Å²) >= 11 is 0. The molecule has 19 heavy (non-hydrogen) atoms. The first-order chi connectivity index (χ1) is 8.90. The lowest BCUT2D eigenvalue weighted by Gasteiger charge is -2.23. The van der Waals surface area contributed by atoms with Crippen molar-refractivity contribution in [2.24, 2.45) is 11.7 Å². The largest absolute Gasteiger partial charge is 0.326 e. The molecule has 0 aliphatic heterocycles. The van der Waals surface area contributed by atoms with Gasteiger partial charge in [0.25, 0.3) is 0 Å². The van der Waals surface area contributed by atoms with Gasteiger partial charge in [-0.25, -0.2) is 8.42 Å². The number of anilines is 1. The van der Waals surface area contributed by atoms with Crippen LogP contribution in [0.2, 0.25) is 0 Å². The number of hydrogen-bond donors (Lipinski definition) is 1. The number of benzene rings is 1. The maximum absolute atomic E-state index is 12.3. The standard InChI is InChI=1S/C14H24N2O2S/c1-4-16(19(17,18)10-9-12(2)3)14-7-5-13(11-15)6-8-14/h5-8,12H,4,9-11,15H2,1-3H3. The molecule has 0 unspecified atom stereocenters. The van der Waals surface area contributed by atoms with Gasteiger partial charge in [-0.2, -0.15) is 0 Å². The van der Waals surface area contributed by atoms with Crippen LogP contribution >= 0.6 is 0 Å². The third-order valence-corrected chi connectivity index (χ3v) is 4.93. The highest BCUT2D eigenvalue weighted by molar-refractivity contribution is 7.92. The van der Waals surface area contributed by atoms with E-state index in [-0.39, 0.29) is 5.75 Å². The van der Waals surface area contributed by atoms with Crippen LogP contribution in [0.4, 0.5) is 5.69 Å². The molecule has 108 valence electrons. The molecule has 0 saturated carbocycles. The Morgan fingerprint density at radius 1 is 1.21 bits per heavy atom. The number of nitrogens with zero attached hydrogens (tertiary/aromatic N) is 1. The zero-order chi connectivity index (χ0) is 14.5. The van der Waals surface area contributed by atoms with Gasteiger partial charge in [0.2, 0.25) is 10.0 Å². The Hall–Kier alpha value is -1.07. The molecule has 5 heteroatoms. The van der Waals surface area contributed by atoms with Crippen molar-refractivity contribution in [2.75, 3.05) is 16.6 Å². The summed E-state index contributed by atoms with van der Waals surface area (Å²) in [6.07, 6.45) is 0.680. The normalized spacial score (nSPS) is 11.8. The molecule has 2 N–H and O–H groups in total. The molecule has 0 saturated heterocycles. The Bertz CT molecular complexity index is 481. The summed E-state index contributed by atoms with van der Waals surface area (Å²) in [5.74, 6) is 0.574. The van der Waals surface area contributed by atoms with E-state index in [1.807, 2.05) is 45.0 Å². The summed E-state index contributed by atoms with van der Waals surface area (Å²) in [5.41, 5.74) is 7.25. The van der Waals surface area contributed by atoms with Crippen LogP contribution in [0.15, 0.2) is 24.3 Å². The van der Waals surface area contributed by atoms with Gasteiger partial charge in [-0.3, -0.25) is 4.31 Å². The highest BCUT2D eigenvalue weighted by Gasteiger charge is 2.20. The smallest absolute Gasteiger partial charge is 0.235 e. The quantitative estimate of drug-likeness (QED) is 0.836. The predicted molar refractivity (Wildman–Crippen MR) is 80.6 cm³/mol. The molecule has 0 heterocycles. The van der Waals surface area contributed by atoms with E-state index in [1.54, 1.807) is 0 Å². The van der Waals surface area contributed by atoms with Gasteiger partial charge in [0.15, 0.2) is 0 Å². The molecule has 0 aliphatic rings. The zero-order valence-electron chi connectivity index (χ0n) is 12.0. The molecule has 1 aromatic carbocycles. The van der Waals surface area contributed by atoms with Crippen molar-refractivity contribution in [3.05, 3.63) is 29.8 Å². The minimum absolute atomic E-state index is 0.192. The first-order valence-corrected chi connectivity index (χ1v) is 8.31. The summed E-state index contributed by atoms with van der Waals surface area (Å²) < 4.78 is 26.1. The van der Waals surface area contributed by atoms with Gasteiger partial charge in [-0.05, 0) is 37.0 Å². The van der Waals surface area contributed by atoms with E-state index in [9.17, 15) is 8.42 Å². The van der Waals surface area contributed by atoms with Gasteiger partial charge in [-0.15, -0.1) is 0 Å². The number of hydrogen-bond acceptors (Lipinski definition) is 3. The minimum atomic E-state index is -3.24. The predicted octanol–water partition coefficient (Wildman–Crippen LogP) is 2.35. The van der Waals surface area contributed by atoms with Crippen molar-refractivity contribution < 1.29 is 8.42 Å². The van der Waals surface area contributed by atoms with Crippen LogP contribution in [0.5, 0.6) is 0 Å². The van der Waals surface area contributed by atoms with Crippen LogP contribution in [-0.4, -0.2) is 20.7 Å². The molecule has 1 rings (SSSR count). The summed E-state index contributed by atoms with van der Waals surface area (Å²) in [6.45, 7) is 6.82. The van der Waals surface area contributed by atoms with Crippen LogP contribution in [0.1, 0.15) is 32.8 Å². The second-order valence-electron chi connectivity index (χ2n) is 5.03. The van der Waals surface area contributed by atoms with Gasteiger partial charge in [-0.1, -0.05) is 26.0 Å². The third kappa shape index (κ3) is 4.51. The molecule has 0 aliphatic carbocycles. The summed E-state index contributed by atoms with van der Waals surface area (Å²) in [4.78, 5) is 0. The molecule has 4 nitrogen and oxygen atoms in total. The lowest BCUT2D eigenvalue weighted by molar-refractivity contribution is 0.570. The maximum Gasteiger partial charge on any atom is 0.235 e. The second-order valence-corrected chi connectivity index (χ2v) is 7.05. The highest BCUT2D eigenvalue weighted by atomic mass is 32.2. The van der Waals surface area contributed by atoms with E-state index in [1.165, 1.54) is 4.31 Å². The minimum Gasteiger partial charge on any atom is -0.326 e. The third-order valence-electron chi connectivity index (χ3n) is 3.04. The Labute approximate surface area is 116 Å². The number of sulfonamides is 1. The zero-order valence-corrected chi connectivity index (χ0v) is 12.8. The van der Waals surface area contributed by atoms with Crippen molar-refractivity contribution in [1.82, 2.24) is 0 Å². The lowest BCUT2D eigenvalue weighted by atomic mass is 10.2. The van der Waals surface area contributed by atoms with Crippen LogP contribution in [0, 0.1) is 5.92 Å². The van der Waals surface area contributed by atoms with Crippen molar-refractivity contribution in [3.8, 4) is 0 Å². The fourth-order valence-corrected chi connectivity index (χ4v) is 3.66. The van der Waals surface area contributed by atoms with Gasteiger partial charge >= 0.3 is 0 Å². The molecule has 0 aromatic heterocycles. The van der Waals surface area contributed by atoms with Gasteiger partial charge < -0.3 is 5.73 Å². The van der Waals surface area contributed by atoms with Crippen molar-refractivity contribution in [2.45, 2.75) is 33.7 Å². The first-order valence-electron chi connectivity index (χ1n) is 6.70. The molecule has 0 fully saturated rings. The van der Waals surface area contributed by atoms with Gasteiger partial charge in [0.1, 0.15) is 0 Å². The molecular weight excluding hydrogens is 260 g/mol. The van der Waals surface area contributed by atoms with E-state index >= 15 is 0 Å². The molecular formula is C14H24N2O2S. The first kappa shape index (κ1) is 16.0. The van der Waals surface area contributed by atoms with Gasteiger partial charge in [0, 0.05) is 13.1 Å². The second kappa shape index (κ2) is 6.91. The Morgan fingerprint density at radius 3 is 2.21 bits per heavy atom. The van der Waals surface area contributed by atoms with Crippen molar-refractivity contribution in [1.29, 1.82) is 0 Å². The number of rotatable bonds is 7. The average Bonchev–Trinajstić information content (AvgIpc) is 2.38. The van der Waals surface area contributed by atoms with E-state index in [0.29, 0.717) is 31.1 Å². The average molecular weight is 284 g/mol. The highest BCUT2D eigenvalue weighted by Crippen LogP contribution is 2.20. The van der Waals surface area contributed by atoms with E-state index < -0.39 is 10.0 Å². The van der Waals surface area contributed by atoms with Crippen molar-refractivity contribution >= 4 is 15.7 Å².